The predicted molar refractivity (Wildman–Crippen MR) is 291 cm³/mol. The molecule has 0 radical (unpaired) electrons. The molecule has 10 aromatic rings. The summed E-state index contributed by atoms with van der Waals surface area (Å²) in [4.78, 5) is 25.1. The second kappa shape index (κ2) is 22.5. The van der Waals surface area contributed by atoms with Gasteiger partial charge in [0.25, 0.3) is 10.0 Å². The van der Waals surface area contributed by atoms with E-state index >= 15 is 0 Å². The highest BCUT2D eigenvalue weighted by Crippen LogP contribution is 2.42. The molecule has 5 aromatic heterocycles. The van der Waals surface area contributed by atoms with E-state index in [1.54, 1.807) is 58.0 Å². The number of nitrogens with zero attached hydrogens (tertiary/aromatic N) is 5. The van der Waals surface area contributed by atoms with Crippen molar-refractivity contribution >= 4 is 77.1 Å². The van der Waals surface area contributed by atoms with Gasteiger partial charge in [-0.15, -0.1) is 0 Å². The Morgan fingerprint density at radius 2 is 1.21 bits per heavy atom. The van der Waals surface area contributed by atoms with E-state index in [2.05, 4.69) is 71.2 Å². The lowest BCUT2D eigenvalue weighted by Gasteiger charge is -2.14. The molecular weight excluding hydrogens is 1050 g/mol. The molecule has 5 aromatic carbocycles. The highest BCUT2D eigenvalue weighted by Gasteiger charge is 2.25. The van der Waals surface area contributed by atoms with Gasteiger partial charge in [0, 0.05) is 52.7 Å². The Balaban J connectivity index is 0.000000157. The summed E-state index contributed by atoms with van der Waals surface area (Å²) < 4.78 is 60.0. The van der Waals surface area contributed by atoms with Crippen LogP contribution in [0.3, 0.4) is 0 Å². The molecule has 75 heavy (non-hydrogen) atoms. The van der Waals surface area contributed by atoms with E-state index in [0.717, 1.165) is 67.7 Å². The van der Waals surface area contributed by atoms with Gasteiger partial charge in [-0.25, -0.2) is 27.3 Å². The van der Waals surface area contributed by atoms with Crippen molar-refractivity contribution in [3.8, 4) is 56.9 Å². The number of benzene rings is 5. The molecule has 0 spiro atoms. The van der Waals surface area contributed by atoms with Gasteiger partial charge in [-0.3, -0.25) is 9.69 Å². The third-order valence-electron chi connectivity index (χ3n) is 12.3. The number of rotatable bonds is 12. The van der Waals surface area contributed by atoms with E-state index in [-0.39, 0.29) is 20.7 Å². The number of halogens is 2. The van der Waals surface area contributed by atoms with Crippen molar-refractivity contribution in [1.82, 2.24) is 33.9 Å². The Morgan fingerprint density at radius 1 is 0.653 bits per heavy atom. The van der Waals surface area contributed by atoms with Crippen molar-refractivity contribution in [2.24, 2.45) is 0 Å². The molecule has 0 saturated carbocycles. The van der Waals surface area contributed by atoms with Crippen LogP contribution in [0.4, 0.5) is 4.70 Å². The Morgan fingerprint density at radius 3 is 1.77 bits per heavy atom. The monoisotopic (exact) mass is 1100 g/mol. The zero-order valence-corrected chi connectivity index (χ0v) is 44.0. The van der Waals surface area contributed by atoms with Crippen LogP contribution < -0.4 is 33.9 Å². The summed E-state index contributed by atoms with van der Waals surface area (Å²) in [5.41, 5.74) is 11.5. The average Bonchev–Trinajstić information content (AvgIpc) is 4.26. The highest BCUT2D eigenvalue weighted by molar-refractivity contribution is 9.10. The topological polar surface area (TPSA) is 218 Å². The molecule has 0 aliphatic heterocycles. The number of hydrogen-bond acceptors (Lipinski definition) is 14. The third kappa shape index (κ3) is 10.6. The Kier molecular flexibility index (Phi) is 15.9. The molecule has 0 amide bonds. The minimum atomic E-state index is -3.82. The first-order chi connectivity index (χ1) is 35.8. The molecule has 1 aliphatic carbocycles. The third-order valence-corrected chi connectivity index (χ3v) is 14.3. The van der Waals surface area contributed by atoms with Crippen molar-refractivity contribution in [3.63, 3.8) is 0 Å². The maximum Gasteiger partial charge on any atom is 0.488 e. The van der Waals surface area contributed by atoms with E-state index in [1.807, 2.05) is 55.7 Å². The van der Waals surface area contributed by atoms with Gasteiger partial charge in [0.15, 0.2) is 28.6 Å². The summed E-state index contributed by atoms with van der Waals surface area (Å²) in [6.07, 6.45) is 11.7. The summed E-state index contributed by atoms with van der Waals surface area (Å²) >= 11 is 3.35. The molecule has 0 bridgehead atoms. The van der Waals surface area contributed by atoms with Crippen molar-refractivity contribution in [3.05, 3.63) is 161 Å². The van der Waals surface area contributed by atoms with E-state index in [9.17, 15) is 8.42 Å². The number of ether oxygens (including phenoxy) is 6. The molecule has 0 atom stereocenters. The van der Waals surface area contributed by atoms with Crippen LogP contribution in [0, 0.1) is 6.92 Å². The fourth-order valence-electron chi connectivity index (χ4n) is 8.55. The molecular formula is C54H50BBrFN7O10S. The molecule has 1 aliphatic rings. The first-order valence-corrected chi connectivity index (χ1v) is 25.1. The number of fused-ring (bicyclic) bond motifs is 4. The number of allylic oxidation sites excluding steroid dienone is 1. The number of hydrogen-bond donors (Lipinski definition) is 4. The summed E-state index contributed by atoms with van der Waals surface area (Å²) in [6, 6.07) is 29.9. The van der Waals surface area contributed by atoms with Crippen LogP contribution in [-0.2, 0) is 16.4 Å². The summed E-state index contributed by atoms with van der Waals surface area (Å²) in [7, 11) is 3.82. The highest BCUT2D eigenvalue weighted by atomic mass is 79.9. The summed E-state index contributed by atoms with van der Waals surface area (Å²) in [5.74, 6) is 2.92. The van der Waals surface area contributed by atoms with Crippen LogP contribution in [0.15, 0.2) is 144 Å². The van der Waals surface area contributed by atoms with Gasteiger partial charge >= 0.3 is 7.12 Å². The second-order valence-electron chi connectivity index (χ2n) is 16.7. The van der Waals surface area contributed by atoms with Gasteiger partial charge in [-0.05, 0) is 123 Å². The fourth-order valence-corrected chi connectivity index (χ4v) is 10.1. The number of aromatic nitrogens is 7. The molecule has 4 N–H and O–H groups in total. The quantitative estimate of drug-likeness (QED) is 0.0840. The lowest BCUT2D eigenvalue weighted by atomic mass is 9.80. The van der Waals surface area contributed by atoms with Gasteiger partial charge in [-0.1, -0.05) is 35.9 Å². The van der Waals surface area contributed by atoms with E-state index in [4.69, 9.17) is 43.5 Å². The molecule has 17 nitrogen and oxygen atoms in total. The van der Waals surface area contributed by atoms with Crippen LogP contribution in [0.5, 0.6) is 34.5 Å². The van der Waals surface area contributed by atoms with E-state index < -0.39 is 17.1 Å². The fraction of sp³-hybridized carbons (Fsp3) is 0.148. The lowest BCUT2D eigenvalue weighted by molar-refractivity contribution is 0.324. The number of aromatic amines is 2. The van der Waals surface area contributed by atoms with Gasteiger partial charge in [0.1, 0.15) is 10.1 Å². The minimum Gasteiger partial charge on any atom is -0.493 e. The Hall–Kier alpha value is -8.24. The smallest absolute Gasteiger partial charge is 0.488 e. The number of methoxy groups -OCH3 is 6. The van der Waals surface area contributed by atoms with Crippen LogP contribution in [-0.4, -0.2) is 102 Å². The normalized spacial score (nSPS) is 11.6. The van der Waals surface area contributed by atoms with Gasteiger partial charge < -0.3 is 48.4 Å². The van der Waals surface area contributed by atoms with Gasteiger partial charge in [-0.2, -0.15) is 0 Å². The zero-order valence-electron chi connectivity index (χ0n) is 41.6. The molecule has 384 valence electrons. The molecule has 0 unspecified atom stereocenters. The summed E-state index contributed by atoms with van der Waals surface area (Å²) in [5, 5.41) is 20.3. The minimum absolute atomic E-state index is 0. The van der Waals surface area contributed by atoms with E-state index in [0.29, 0.717) is 50.2 Å². The zero-order chi connectivity index (χ0) is 52.3. The Labute approximate surface area is 439 Å². The first-order valence-electron chi connectivity index (χ1n) is 22.8. The summed E-state index contributed by atoms with van der Waals surface area (Å²) in [6.45, 7) is 1.92. The van der Waals surface area contributed by atoms with Gasteiger partial charge in [0.05, 0.1) is 77.0 Å². The van der Waals surface area contributed by atoms with Crippen LogP contribution in [0.25, 0.3) is 60.9 Å². The number of nitrogens with one attached hydrogen (secondary N) is 2. The van der Waals surface area contributed by atoms with E-state index in [1.165, 1.54) is 49.0 Å². The van der Waals surface area contributed by atoms with Crippen LogP contribution in [0.1, 0.15) is 22.5 Å². The Bertz CT molecular complexity index is 3800. The largest absolute Gasteiger partial charge is 0.493 e. The first kappa shape index (κ1) is 53.1. The second-order valence-corrected chi connectivity index (χ2v) is 19.3. The van der Waals surface area contributed by atoms with Crippen molar-refractivity contribution in [2.75, 3.05) is 42.7 Å². The maximum atomic E-state index is 13.3. The maximum absolute atomic E-state index is 13.3. The van der Waals surface area contributed by atoms with Crippen LogP contribution in [0.2, 0.25) is 0 Å². The van der Waals surface area contributed by atoms with Crippen molar-refractivity contribution in [2.45, 2.75) is 18.2 Å². The SMILES string of the molecule is COc1cc(-c2cnc3c(n2)C(c2ccc4[nH]ccc4c2)=CC3)cc(OC)c1OC.COc1cc(B(O)O)cc(OC)c1OC.Cc1ccc(S(=O)(=O)n2cc(-c3ccc4[nH]ccc4c3)c3nc(Br)cnc32)cc1.F. The predicted octanol–water partition coefficient (Wildman–Crippen LogP) is 9.07. The number of H-pyrrole nitrogens is 2. The standard InChI is InChI=1S/C24H21N3O3.C21H15BrN4O2S.C9H13BO5.FH/c1-28-21-11-16(12-22(29-2)24(21)30-3)20-13-26-19-7-5-17(23(19)27-20)14-4-6-18-15(10-14)8-9-25-18;1-13-2-5-16(6-3-13)29(27,28)26-12-17(20-21(26)24-11-19(22)25-20)14-4-7-18-15(10-14)8-9-23-18;1-13-7-4-6(10(11)12)5-8(14-2)9(7)15-3;/h4-6,8-13,25H,7H2,1-3H3;2-12,23H,1H3;4-5,11-12H,1-3H3;1H. The lowest BCUT2D eigenvalue weighted by Crippen LogP contribution is -2.30. The molecule has 11 rings (SSSR count). The molecule has 5 heterocycles. The van der Waals surface area contributed by atoms with Crippen LogP contribution >= 0.6 is 15.9 Å². The van der Waals surface area contributed by atoms with Crippen molar-refractivity contribution in [1.29, 1.82) is 0 Å². The average molecular weight is 1100 g/mol. The number of aryl methyl sites for hydroxylation is 1. The van der Waals surface area contributed by atoms with Crippen molar-refractivity contribution < 1.29 is 51.6 Å². The molecule has 21 heteroatoms. The van der Waals surface area contributed by atoms with Gasteiger partial charge in [0.2, 0.25) is 11.5 Å². The molecule has 0 saturated heterocycles. The molecule has 0 fully saturated rings.